The molecule has 0 bridgehead atoms. The van der Waals surface area contributed by atoms with Gasteiger partial charge in [-0.15, -0.1) is 0 Å². The lowest BCUT2D eigenvalue weighted by Gasteiger charge is -2.27. The molecule has 0 saturated carbocycles. The second kappa shape index (κ2) is 7.33. The van der Waals surface area contributed by atoms with Crippen LogP contribution >= 0.6 is 0 Å². The van der Waals surface area contributed by atoms with Gasteiger partial charge in [0, 0.05) is 33.7 Å². The quantitative estimate of drug-likeness (QED) is 0.775. The highest BCUT2D eigenvalue weighted by Crippen LogP contribution is 2.07. The lowest BCUT2D eigenvalue weighted by molar-refractivity contribution is -0.141. The maximum Gasteiger partial charge on any atom is 0.319 e. The normalized spacial score (nSPS) is 17.2. The SMILES string of the molecule is CC(CN(C)C(=O)N(C)CCN1CCCC1)C(=O)O. The van der Waals surface area contributed by atoms with E-state index in [0.717, 1.165) is 19.6 Å². The third-order valence-corrected chi connectivity index (χ3v) is 3.57. The maximum absolute atomic E-state index is 12.0. The van der Waals surface area contributed by atoms with Gasteiger partial charge in [-0.2, -0.15) is 0 Å². The Labute approximate surface area is 115 Å². The van der Waals surface area contributed by atoms with Gasteiger partial charge in [0.15, 0.2) is 0 Å². The molecule has 0 aromatic rings. The van der Waals surface area contributed by atoms with Crippen molar-refractivity contribution in [3.05, 3.63) is 0 Å². The number of likely N-dealkylation sites (N-methyl/N-ethyl adjacent to an activating group) is 1. The van der Waals surface area contributed by atoms with Crippen LogP contribution in [0.1, 0.15) is 19.8 Å². The predicted octanol–water partition coefficient (Wildman–Crippen LogP) is 0.786. The number of carboxylic acid groups (broad SMARTS) is 1. The summed E-state index contributed by atoms with van der Waals surface area (Å²) in [7, 11) is 3.41. The van der Waals surface area contributed by atoms with Crippen molar-refractivity contribution in [1.29, 1.82) is 0 Å². The first-order valence-electron chi connectivity index (χ1n) is 6.83. The van der Waals surface area contributed by atoms with Crippen molar-refractivity contribution in [1.82, 2.24) is 14.7 Å². The third-order valence-electron chi connectivity index (χ3n) is 3.57. The molecule has 1 atom stereocenters. The molecule has 1 unspecified atom stereocenters. The molecule has 19 heavy (non-hydrogen) atoms. The Bertz CT molecular complexity index is 316. The average molecular weight is 271 g/mol. The molecule has 1 saturated heterocycles. The highest BCUT2D eigenvalue weighted by atomic mass is 16.4. The van der Waals surface area contributed by atoms with Gasteiger partial charge in [-0.05, 0) is 25.9 Å². The molecule has 6 heteroatoms. The van der Waals surface area contributed by atoms with E-state index in [0.29, 0.717) is 6.54 Å². The monoisotopic (exact) mass is 271 g/mol. The number of hydrogen-bond donors (Lipinski definition) is 1. The number of carbonyl (C=O) groups excluding carboxylic acids is 1. The smallest absolute Gasteiger partial charge is 0.319 e. The first kappa shape index (κ1) is 15.8. The van der Waals surface area contributed by atoms with Crippen LogP contribution in [0.4, 0.5) is 4.79 Å². The molecule has 110 valence electrons. The standard InChI is InChI=1S/C13H25N3O3/c1-11(12(17)18)10-15(3)13(19)14(2)8-9-16-6-4-5-7-16/h11H,4-10H2,1-3H3,(H,17,18). The molecule has 1 heterocycles. The molecule has 6 nitrogen and oxygen atoms in total. The van der Waals surface area contributed by atoms with Gasteiger partial charge in [-0.25, -0.2) is 4.79 Å². The van der Waals surface area contributed by atoms with Crippen LogP contribution in [0.3, 0.4) is 0 Å². The molecule has 0 radical (unpaired) electrons. The van der Waals surface area contributed by atoms with Crippen LogP contribution in [0.2, 0.25) is 0 Å². The zero-order chi connectivity index (χ0) is 14.4. The molecule has 1 rings (SSSR count). The lowest BCUT2D eigenvalue weighted by Crippen LogP contribution is -2.44. The molecule has 2 amide bonds. The van der Waals surface area contributed by atoms with Gasteiger partial charge in [-0.3, -0.25) is 4.79 Å². The summed E-state index contributed by atoms with van der Waals surface area (Å²) in [5.74, 6) is -1.42. The van der Waals surface area contributed by atoms with Crippen molar-refractivity contribution in [3.8, 4) is 0 Å². The zero-order valence-corrected chi connectivity index (χ0v) is 12.1. The first-order chi connectivity index (χ1) is 8.91. The second-order valence-corrected chi connectivity index (χ2v) is 5.37. The number of hydrogen-bond acceptors (Lipinski definition) is 3. The molecule has 0 aromatic heterocycles. The number of carbonyl (C=O) groups is 2. The largest absolute Gasteiger partial charge is 0.481 e. The Morgan fingerprint density at radius 2 is 1.79 bits per heavy atom. The van der Waals surface area contributed by atoms with Crippen molar-refractivity contribution in [3.63, 3.8) is 0 Å². The number of carboxylic acids is 1. The minimum absolute atomic E-state index is 0.118. The summed E-state index contributed by atoms with van der Waals surface area (Å²) in [4.78, 5) is 28.3. The molecule has 1 aliphatic heterocycles. The summed E-state index contributed by atoms with van der Waals surface area (Å²) in [6.45, 7) is 5.66. The van der Waals surface area contributed by atoms with Crippen LogP contribution in [0.15, 0.2) is 0 Å². The summed E-state index contributed by atoms with van der Waals surface area (Å²) in [5, 5.41) is 8.84. The van der Waals surface area contributed by atoms with Gasteiger partial charge in [-0.1, -0.05) is 6.92 Å². The molecule has 0 aliphatic carbocycles. The zero-order valence-electron chi connectivity index (χ0n) is 12.1. The molecule has 0 spiro atoms. The maximum atomic E-state index is 12.0. The molecular weight excluding hydrogens is 246 g/mol. The van der Waals surface area contributed by atoms with Crippen molar-refractivity contribution >= 4 is 12.0 Å². The molecule has 1 aliphatic rings. The van der Waals surface area contributed by atoms with Gasteiger partial charge in [0.25, 0.3) is 0 Å². The Morgan fingerprint density at radius 1 is 1.21 bits per heavy atom. The average Bonchev–Trinajstić information content (AvgIpc) is 2.87. The summed E-state index contributed by atoms with van der Waals surface area (Å²) in [5.41, 5.74) is 0. The van der Waals surface area contributed by atoms with Crippen molar-refractivity contribution in [2.45, 2.75) is 19.8 Å². The van der Waals surface area contributed by atoms with Gasteiger partial charge in [0.1, 0.15) is 0 Å². The number of aliphatic carboxylic acids is 1. The fourth-order valence-corrected chi connectivity index (χ4v) is 2.25. The number of rotatable bonds is 6. The van der Waals surface area contributed by atoms with Crippen LogP contribution in [0.5, 0.6) is 0 Å². The van der Waals surface area contributed by atoms with Gasteiger partial charge in [0.2, 0.25) is 0 Å². The van der Waals surface area contributed by atoms with Crippen molar-refractivity contribution in [2.24, 2.45) is 5.92 Å². The van der Waals surface area contributed by atoms with Crippen molar-refractivity contribution in [2.75, 3.05) is 46.8 Å². The highest BCUT2D eigenvalue weighted by Gasteiger charge is 2.20. The number of nitrogens with zero attached hydrogens (tertiary/aromatic N) is 3. The second-order valence-electron chi connectivity index (χ2n) is 5.37. The van der Waals surface area contributed by atoms with Crippen molar-refractivity contribution < 1.29 is 14.7 Å². The van der Waals surface area contributed by atoms with Crippen LogP contribution in [0.25, 0.3) is 0 Å². The first-order valence-corrected chi connectivity index (χ1v) is 6.83. The Hall–Kier alpha value is -1.30. The Kier molecular flexibility index (Phi) is 6.08. The minimum atomic E-state index is -0.876. The fraction of sp³-hybridized carbons (Fsp3) is 0.846. The van der Waals surface area contributed by atoms with E-state index in [-0.39, 0.29) is 12.6 Å². The Morgan fingerprint density at radius 3 is 2.32 bits per heavy atom. The van der Waals surface area contributed by atoms with E-state index in [9.17, 15) is 9.59 Å². The van der Waals surface area contributed by atoms with E-state index in [1.54, 1.807) is 25.9 Å². The predicted molar refractivity (Wildman–Crippen MR) is 73.1 cm³/mol. The van der Waals surface area contributed by atoms with Crippen LogP contribution < -0.4 is 0 Å². The fourth-order valence-electron chi connectivity index (χ4n) is 2.25. The lowest BCUT2D eigenvalue weighted by atomic mass is 10.2. The summed E-state index contributed by atoms with van der Waals surface area (Å²) in [6.07, 6.45) is 2.49. The van der Waals surface area contributed by atoms with E-state index in [1.807, 2.05) is 0 Å². The summed E-state index contributed by atoms with van der Waals surface area (Å²) >= 11 is 0. The van der Waals surface area contributed by atoms with Crippen LogP contribution in [-0.4, -0.2) is 78.6 Å². The molecule has 1 N–H and O–H groups in total. The molecular formula is C13H25N3O3. The third kappa shape index (κ3) is 5.06. The number of amides is 2. The summed E-state index contributed by atoms with van der Waals surface area (Å²) < 4.78 is 0. The van der Waals surface area contributed by atoms with Gasteiger partial charge >= 0.3 is 12.0 Å². The molecule has 1 fully saturated rings. The van der Waals surface area contributed by atoms with E-state index in [2.05, 4.69) is 4.90 Å². The molecule has 0 aromatic carbocycles. The van der Waals surface area contributed by atoms with E-state index >= 15 is 0 Å². The van der Waals surface area contributed by atoms with E-state index < -0.39 is 11.9 Å². The van der Waals surface area contributed by atoms with Crippen LogP contribution in [0, 0.1) is 5.92 Å². The van der Waals surface area contributed by atoms with Gasteiger partial charge < -0.3 is 19.8 Å². The number of likely N-dealkylation sites (tertiary alicyclic amines) is 1. The Balaban J connectivity index is 2.31. The topological polar surface area (TPSA) is 64.1 Å². The highest BCUT2D eigenvalue weighted by molar-refractivity contribution is 5.75. The van der Waals surface area contributed by atoms with E-state index in [4.69, 9.17) is 5.11 Å². The van der Waals surface area contributed by atoms with E-state index in [1.165, 1.54) is 17.7 Å². The minimum Gasteiger partial charge on any atom is -0.481 e. The van der Waals surface area contributed by atoms with Crippen LogP contribution in [-0.2, 0) is 4.79 Å². The summed E-state index contributed by atoms with van der Waals surface area (Å²) in [6, 6.07) is -0.118. The number of urea groups is 1. The van der Waals surface area contributed by atoms with Gasteiger partial charge in [0.05, 0.1) is 5.92 Å².